The van der Waals surface area contributed by atoms with Crippen LogP contribution in [0.15, 0.2) is 54.6 Å². The van der Waals surface area contributed by atoms with E-state index in [1.54, 1.807) is 30.3 Å². The predicted octanol–water partition coefficient (Wildman–Crippen LogP) is 4.43. The molecule has 0 aliphatic heterocycles. The first-order valence-corrected chi connectivity index (χ1v) is 9.25. The van der Waals surface area contributed by atoms with Gasteiger partial charge in [-0.05, 0) is 30.7 Å². The molecule has 9 heteroatoms. The number of ether oxygens (including phenoxy) is 1. The lowest BCUT2D eigenvalue weighted by Crippen LogP contribution is -2.40. The number of aryl methyl sites for hydroxylation is 1. The van der Waals surface area contributed by atoms with Crippen molar-refractivity contribution in [3.05, 3.63) is 77.2 Å². The minimum Gasteiger partial charge on any atom is -0.452 e. The number of rotatable bonds is 6. The first-order chi connectivity index (χ1) is 14.6. The first kappa shape index (κ1) is 22.2. The first-order valence-electron chi connectivity index (χ1n) is 9.25. The molecule has 5 nitrogen and oxygen atoms in total. The van der Waals surface area contributed by atoms with Crippen LogP contribution in [0.2, 0.25) is 0 Å². The Hall–Kier alpha value is -3.49. The number of aromatic nitrogens is 1. The van der Waals surface area contributed by atoms with Crippen molar-refractivity contribution in [2.75, 3.05) is 13.2 Å². The highest BCUT2D eigenvalue weighted by atomic mass is 19.4. The molecule has 0 saturated carbocycles. The van der Waals surface area contributed by atoms with E-state index in [9.17, 15) is 27.2 Å². The molecule has 162 valence electrons. The van der Waals surface area contributed by atoms with Crippen LogP contribution < -0.4 is 0 Å². The molecule has 3 aromatic rings. The van der Waals surface area contributed by atoms with Crippen molar-refractivity contribution in [3.8, 4) is 0 Å². The van der Waals surface area contributed by atoms with Crippen LogP contribution >= 0.6 is 0 Å². The highest BCUT2D eigenvalue weighted by molar-refractivity contribution is 5.96. The smallest absolute Gasteiger partial charge is 0.406 e. The molecule has 0 bridgehead atoms. The average Bonchev–Trinajstić information content (AvgIpc) is 2.70. The third-order valence-corrected chi connectivity index (χ3v) is 4.46. The van der Waals surface area contributed by atoms with Crippen LogP contribution in [0.3, 0.4) is 0 Å². The standard InChI is InChI=1S/C22H18F4N2O3/c1-14-18(9-16-7-8-17(23)10-19(16)27-14)21(30)31-12-20(29)28(13-22(24,25)26)11-15-5-3-2-4-6-15/h2-10H,11-13H2,1H3. The Morgan fingerprint density at radius 2 is 1.77 bits per heavy atom. The van der Waals surface area contributed by atoms with Crippen molar-refractivity contribution in [2.24, 2.45) is 0 Å². The second-order valence-corrected chi connectivity index (χ2v) is 6.89. The minimum absolute atomic E-state index is 0.0392. The van der Waals surface area contributed by atoms with Gasteiger partial charge in [0.05, 0.1) is 16.8 Å². The zero-order valence-electron chi connectivity index (χ0n) is 16.4. The number of pyridine rings is 1. The summed E-state index contributed by atoms with van der Waals surface area (Å²) in [6.45, 7) is -1.10. The zero-order valence-corrected chi connectivity index (χ0v) is 16.4. The topological polar surface area (TPSA) is 59.5 Å². The van der Waals surface area contributed by atoms with Crippen LogP contribution in [0, 0.1) is 12.7 Å². The maximum Gasteiger partial charge on any atom is 0.406 e. The van der Waals surface area contributed by atoms with Gasteiger partial charge in [-0.25, -0.2) is 9.18 Å². The third kappa shape index (κ3) is 6.00. The van der Waals surface area contributed by atoms with E-state index in [0.29, 0.717) is 21.4 Å². The number of esters is 1. The second kappa shape index (κ2) is 9.11. The van der Waals surface area contributed by atoms with Gasteiger partial charge in [0.25, 0.3) is 5.91 Å². The largest absolute Gasteiger partial charge is 0.452 e. The van der Waals surface area contributed by atoms with Gasteiger partial charge in [0.1, 0.15) is 12.4 Å². The molecular weight excluding hydrogens is 416 g/mol. The molecule has 0 atom stereocenters. The zero-order chi connectivity index (χ0) is 22.6. The van der Waals surface area contributed by atoms with E-state index in [2.05, 4.69) is 4.98 Å². The lowest BCUT2D eigenvalue weighted by atomic mass is 10.1. The fourth-order valence-electron chi connectivity index (χ4n) is 2.99. The number of hydrogen-bond donors (Lipinski definition) is 0. The van der Waals surface area contributed by atoms with E-state index >= 15 is 0 Å². The average molecular weight is 434 g/mol. The van der Waals surface area contributed by atoms with Gasteiger partial charge in [0, 0.05) is 18.0 Å². The molecule has 2 aromatic carbocycles. The third-order valence-electron chi connectivity index (χ3n) is 4.46. The van der Waals surface area contributed by atoms with Gasteiger partial charge in [-0.2, -0.15) is 13.2 Å². The van der Waals surface area contributed by atoms with Crippen LogP contribution in [-0.4, -0.2) is 41.1 Å². The molecule has 0 aliphatic carbocycles. The van der Waals surface area contributed by atoms with Gasteiger partial charge in [0.15, 0.2) is 6.61 Å². The maximum absolute atomic E-state index is 13.3. The number of nitrogens with zero attached hydrogens (tertiary/aromatic N) is 2. The van der Waals surface area contributed by atoms with Crippen molar-refractivity contribution in [1.29, 1.82) is 0 Å². The summed E-state index contributed by atoms with van der Waals surface area (Å²) in [5, 5.41) is 0.480. The van der Waals surface area contributed by atoms with Crippen molar-refractivity contribution in [2.45, 2.75) is 19.6 Å². The lowest BCUT2D eigenvalue weighted by Gasteiger charge is -2.24. The molecule has 0 unspecified atom stereocenters. The number of benzene rings is 2. The van der Waals surface area contributed by atoms with Crippen LogP contribution in [-0.2, 0) is 16.1 Å². The Labute approximate surface area is 175 Å². The normalized spacial score (nSPS) is 11.4. The molecule has 0 aliphatic rings. The summed E-state index contributed by atoms with van der Waals surface area (Å²) in [5.41, 5.74) is 1.13. The van der Waals surface area contributed by atoms with E-state index in [1.165, 1.54) is 31.2 Å². The molecule has 1 aromatic heterocycles. The number of fused-ring (bicyclic) bond motifs is 1. The summed E-state index contributed by atoms with van der Waals surface area (Å²) >= 11 is 0. The number of alkyl halides is 3. The van der Waals surface area contributed by atoms with Crippen LogP contribution in [0.1, 0.15) is 21.6 Å². The Kier molecular flexibility index (Phi) is 6.53. The fraction of sp³-hybridized carbons (Fsp3) is 0.227. The summed E-state index contributed by atoms with van der Waals surface area (Å²) < 4.78 is 57.1. The van der Waals surface area contributed by atoms with Gasteiger partial charge in [-0.15, -0.1) is 0 Å². The molecule has 0 radical (unpaired) electrons. The van der Waals surface area contributed by atoms with Gasteiger partial charge in [-0.3, -0.25) is 9.78 Å². The van der Waals surface area contributed by atoms with E-state index < -0.39 is 37.0 Å². The Morgan fingerprint density at radius 3 is 2.45 bits per heavy atom. The molecule has 1 amide bonds. The highest BCUT2D eigenvalue weighted by Crippen LogP contribution is 2.20. The van der Waals surface area contributed by atoms with Crippen molar-refractivity contribution in [3.63, 3.8) is 0 Å². The van der Waals surface area contributed by atoms with E-state index in [4.69, 9.17) is 4.74 Å². The lowest BCUT2D eigenvalue weighted by molar-refractivity contribution is -0.164. The molecule has 0 saturated heterocycles. The van der Waals surface area contributed by atoms with E-state index in [0.717, 1.165) is 0 Å². The van der Waals surface area contributed by atoms with E-state index in [1.807, 2.05) is 0 Å². The minimum atomic E-state index is -4.61. The number of carbonyl (C=O) groups excluding carboxylic acids is 2. The van der Waals surface area contributed by atoms with Crippen LogP contribution in [0.4, 0.5) is 17.6 Å². The highest BCUT2D eigenvalue weighted by Gasteiger charge is 2.33. The Balaban J connectivity index is 1.72. The Bertz CT molecular complexity index is 1100. The molecule has 3 rings (SSSR count). The summed E-state index contributed by atoms with van der Waals surface area (Å²) in [4.78, 5) is 29.5. The molecule has 0 spiro atoms. The summed E-state index contributed by atoms with van der Waals surface area (Å²) in [7, 11) is 0. The van der Waals surface area contributed by atoms with Crippen LogP contribution in [0.5, 0.6) is 0 Å². The molecule has 0 N–H and O–H groups in total. The monoisotopic (exact) mass is 434 g/mol. The van der Waals surface area contributed by atoms with Crippen molar-refractivity contribution < 1.29 is 31.9 Å². The summed E-state index contributed by atoms with van der Waals surface area (Å²) in [6, 6.07) is 13.5. The number of carbonyl (C=O) groups is 2. The number of halogens is 4. The van der Waals surface area contributed by atoms with Crippen molar-refractivity contribution in [1.82, 2.24) is 9.88 Å². The molecule has 0 fully saturated rings. The van der Waals surface area contributed by atoms with Gasteiger partial charge in [0.2, 0.25) is 0 Å². The maximum atomic E-state index is 13.3. The van der Waals surface area contributed by atoms with Gasteiger partial charge in [-0.1, -0.05) is 30.3 Å². The SMILES string of the molecule is Cc1nc2cc(F)ccc2cc1C(=O)OCC(=O)N(Cc1ccccc1)CC(F)(F)F. The fourth-order valence-corrected chi connectivity index (χ4v) is 2.99. The molecular formula is C22H18F4N2O3. The van der Waals surface area contributed by atoms with Gasteiger partial charge < -0.3 is 9.64 Å². The quantitative estimate of drug-likeness (QED) is 0.426. The summed E-state index contributed by atoms with van der Waals surface area (Å²) in [5.74, 6) is -2.37. The van der Waals surface area contributed by atoms with Gasteiger partial charge >= 0.3 is 12.1 Å². The summed E-state index contributed by atoms with van der Waals surface area (Å²) in [6.07, 6.45) is -4.61. The second-order valence-electron chi connectivity index (χ2n) is 6.89. The predicted molar refractivity (Wildman–Crippen MR) is 105 cm³/mol. The van der Waals surface area contributed by atoms with Crippen LogP contribution in [0.25, 0.3) is 10.9 Å². The Morgan fingerprint density at radius 1 is 1.06 bits per heavy atom. The number of hydrogen-bond acceptors (Lipinski definition) is 4. The van der Waals surface area contributed by atoms with E-state index in [-0.39, 0.29) is 17.8 Å². The molecule has 31 heavy (non-hydrogen) atoms. The number of amides is 1. The van der Waals surface area contributed by atoms with Crippen molar-refractivity contribution >= 4 is 22.8 Å². The molecule has 1 heterocycles.